The van der Waals surface area contributed by atoms with Crippen LogP contribution < -0.4 is 0 Å². The van der Waals surface area contributed by atoms with Crippen molar-refractivity contribution in [1.82, 2.24) is 18.9 Å². The highest BCUT2D eigenvalue weighted by atomic mass is 32.1. The summed E-state index contributed by atoms with van der Waals surface area (Å²) in [6, 6.07) is 56.9. The minimum absolute atomic E-state index is 0.731. The fourth-order valence-electron chi connectivity index (χ4n) is 8.46. The van der Waals surface area contributed by atoms with Crippen molar-refractivity contribution in [2.24, 2.45) is 0 Å². The van der Waals surface area contributed by atoms with Crippen LogP contribution in [0.3, 0.4) is 0 Å². The Morgan fingerprint density at radius 1 is 0.431 bits per heavy atom. The molecule has 0 radical (unpaired) electrons. The zero-order valence-corrected chi connectivity index (χ0v) is 28.0. The van der Waals surface area contributed by atoms with Crippen molar-refractivity contribution in [3.05, 3.63) is 158 Å². The summed E-state index contributed by atoms with van der Waals surface area (Å²) in [7, 11) is 0. The molecule has 0 atom stereocenters. The Kier molecular flexibility index (Phi) is 5.35. The van der Waals surface area contributed by atoms with Crippen molar-refractivity contribution in [3.8, 4) is 28.3 Å². The van der Waals surface area contributed by atoms with E-state index < -0.39 is 0 Å². The normalized spacial score (nSPS) is 12.3. The molecule has 5 heteroatoms. The quantitative estimate of drug-likeness (QED) is 0.188. The van der Waals surface area contributed by atoms with Gasteiger partial charge in [-0.05, 0) is 36.4 Å². The molecular weight excluding hydrogens is 641 g/mol. The number of hydrogen-bond donors (Lipinski definition) is 0. The Labute approximate surface area is 295 Å². The summed E-state index contributed by atoms with van der Waals surface area (Å²) in [6.07, 6.45) is 0. The van der Waals surface area contributed by atoms with Crippen LogP contribution in [0.15, 0.2) is 158 Å². The Balaban J connectivity index is 1.14. The van der Waals surface area contributed by atoms with E-state index in [9.17, 15) is 0 Å². The standard InChI is InChI=1S/C46H26N4S/c1-2-11-27(12-3-1)42-45-43(36-15-6-9-20-41(36)51-45)48-46(47-42)28-21-23-32-30-13-4-7-18-37(30)49(39(32)25-28)29-22-24-33-35-17-10-16-34-31-14-5-8-19-38(31)50(44(34)35)40(33)26-29/h1-26H. The third-order valence-electron chi connectivity index (χ3n) is 10.7. The van der Waals surface area contributed by atoms with Crippen molar-refractivity contribution in [1.29, 1.82) is 0 Å². The molecule has 0 amide bonds. The summed E-state index contributed by atoms with van der Waals surface area (Å²) in [5.41, 5.74) is 11.2. The summed E-state index contributed by atoms with van der Waals surface area (Å²) >= 11 is 1.77. The Morgan fingerprint density at radius 2 is 1.08 bits per heavy atom. The van der Waals surface area contributed by atoms with Gasteiger partial charge in [-0.2, -0.15) is 0 Å². The van der Waals surface area contributed by atoms with Gasteiger partial charge in [0.05, 0.1) is 43.5 Å². The fourth-order valence-corrected chi connectivity index (χ4v) is 9.61. The minimum atomic E-state index is 0.731. The van der Waals surface area contributed by atoms with E-state index in [1.807, 2.05) is 0 Å². The molecule has 12 rings (SSSR count). The van der Waals surface area contributed by atoms with Crippen molar-refractivity contribution in [2.45, 2.75) is 0 Å². The topological polar surface area (TPSA) is 35.1 Å². The third kappa shape index (κ3) is 3.68. The Morgan fingerprint density at radius 3 is 1.92 bits per heavy atom. The summed E-state index contributed by atoms with van der Waals surface area (Å²) < 4.78 is 7.21. The van der Waals surface area contributed by atoms with Crippen LogP contribution in [0.5, 0.6) is 0 Å². The summed E-state index contributed by atoms with van der Waals surface area (Å²) in [6.45, 7) is 0. The van der Waals surface area contributed by atoms with E-state index in [1.54, 1.807) is 11.3 Å². The highest BCUT2D eigenvalue weighted by Gasteiger charge is 2.21. The molecule has 0 aliphatic heterocycles. The molecule has 0 spiro atoms. The third-order valence-corrected chi connectivity index (χ3v) is 11.8. The predicted molar refractivity (Wildman–Crippen MR) is 215 cm³/mol. The van der Waals surface area contributed by atoms with Gasteiger partial charge in [0.1, 0.15) is 0 Å². The van der Waals surface area contributed by atoms with Gasteiger partial charge in [0.2, 0.25) is 0 Å². The molecule has 0 bridgehead atoms. The molecule has 4 nitrogen and oxygen atoms in total. The number of benzene rings is 7. The predicted octanol–water partition coefficient (Wildman–Crippen LogP) is 12.4. The summed E-state index contributed by atoms with van der Waals surface area (Å²) in [5.74, 6) is 0.731. The van der Waals surface area contributed by atoms with Crippen LogP contribution in [0.1, 0.15) is 0 Å². The average molecular weight is 667 g/mol. The molecule has 236 valence electrons. The lowest BCUT2D eigenvalue weighted by Crippen LogP contribution is -1.96. The van der Waals surface area contributed by atoms with Crippen LogP contribution in [0, 0.1) is 0 Å². The van der Waals surface area contributed by atoms with E-state index in [4.69, 9.17) is 9.97 Å². The summed E-state index contributed by atoms with van der Waals surface area (Å²) in [4.78, 5) is 10.6. The molecule has 12 aromatic rings. The minimum Gasteiger partial charge on any atom is -0.309 e. The Bertz CT molecular complexity index is 3370. The van der Waals surface area contributed by atoms with E-state index in [0.29, 0.717) is 0 Å². The van der Waals surface area contributed by atoms with Gasteiger partial charge >= 0.3 is 0 Å². The van der Waals surface area contributed by atoms with Gasteiger partial charge in [0.25, 0.3) is 0 Å². The second-order valence-corrected chi connectivity index (χ2v) is 14.4. The van der Waals surface area contributed by atoms with E-state index in [2.05, 4.69) is 167 Å². The lowest BCUT2D eigenvalue weighted by atomic mass is 10.1. The molecule has 0 N–H and O–H groups in total. The van der Waals surface area contributed by atoms with Crippen LogP contribution >= 0.6 is 11.3 Å². The van der Waals surface area contributed by atoms with Crippen LogP contribution in [-0.4, -0.2) is 18.9 Å². The molecule has 5 heterocycles. The molecular formula is C46H26N4S. The number of hydrogen-bond acceptors (Lipinski definition) is 3. The van der Waals surface area contributed by atoms with Crippen molar-refractivity contribution >= 4 is 91.5 Å². The second kappa shape index (κ2) is 10.0. The SMILES string of the molecule is c1ccc(-c2nc(-c3ccc4c5ccccc5n(-c5ccc6c7cccc8c9ccccc9n(c6c5)c87)c4c3)nc3c2sc2ccccc23)cc1. The average Bonchev–Trinajstić information content (AvgIpc) is 3.93. The van der Waals surface area contributed by atoms with E-state index in [-0.39, 0.29) is 0 Å². The van der Waals surface area contributed by atoms with Crippen LogP contribution in [0.25, 0.3) is 109 Å². The first-order valence-electron chi connectivity index (χ1n) is 17.3. The van der Waals surface area contributed by atoms with Crippen molar-refractivity contribution in [3.63, 3.8) is 0 Å². The van der Waals surface area contributed by atoms with E-state index in [0.717, 1.165) is 44.1 Å². The van der Waals surface area contributed by atoms with Crippen LogP contribution in [0.2, 0.25) is 0 Å². The lowest BCUT2D eigenvalue weighted by Gasteiger charge is -2.10. The van der Waals surface area contributed by atoms with Gasteiger partial charge < -0.3 is 8.97 Å². The monoisotopic (exact) mass is 666 g/mol. The molecule has 7 aromatic carbocycles. The first-order chi connectivity index (χ1) is 25.3. The molecule has 5 aromatic heterocycles. The molecule has 0 fully saturated rings. The first kappa shape index (κ1) is 27.3. The van der Waals surface area contributed by atoms with Gasteiger partial charge in [0, 0.05) is 59.2 Å². The maximum atomic E-state index is 5.30. The molecule has 51 heavy (non-hydrogen) atoms. The fraction of sp³-hybridized carbons (Fsp3) is 0. The smallest absolute Gasteiger partial charge is 0.160 e. The van der Waals surface area contributed by atoms with Crippen molar-refractivity contribution in [2.75, 3.05) is 0 Å². The summed E-state index contributed by atoms with van der Waals surface area (Å²) in [5, 5.41) is 8.74. The maximum absolute atomic E-state index is 5.30. The number of fused-ring (bicyclic) bond motifs is 12. The highest BCUT2D eigenvalue weighted by molar-refractivity contribution is 7.26. The van der Waals surface area contributed by atoms with Gasteiger partial charge in [-0.25, -0.2) is 9.97 Å². The molecule has 0 saturated carbocycles. The van der Waals surface area contributed by atoms with Crippen LogP contribution in [-0.2, 0) is 0 Å². The first-order valence-corrected chi connectivity index (χ1v) is 18.1. The number of nitrogens with zero attached hydrogens (tertiary/aromatic N) is 4. The van der Waals surface area contributed by atoms with Gasteiger partial charge in [-0.3, -0.25) is 0 Å². The van der Waals surface area contributed by atoms with Gasteiger partial charge in [0.15, 0.2) is 5.82 Å². The molecule has 0 aliphatic carbocycles. The van der Waals surface area contributed by atoms with Crippen molar-refractivity contribution < 1.29 is 0 Å². The Hall–Kier alpha value is -6.56. The second-order valence-electron chi connectivity index (χ2n) is 13.4. The highest BCUT2D eigenvalue weighted by Crippen LogP contribution is 2.42. The largest absolute Gasteiger partial charge is 0.309 e. The number of rotatable bonds is 3. The van der Waals surface area contributed by atoms with E-state index >= 15 is 0 Å². The van der Waals surface area contributed by atoms with Gasteiger partial charge in [-0.1, -0.05) is 121 Å². The van der Waals surface area contributed by atoms with E-state index in [1.165, 1.54) is 64.5 Å². The lowest BCUT2D eigenvalue weighted by molar-refractivity contribution is 1.18. The zero-order chi connectivity index (χ0) is 33.2. The molecule has 0 saturated heterocycles. The van der Waals surface area contributed by atoms with Gasteiger partial charge in [-0.15, -0.1) is 11.3 Å². The molecule has 0 aliphatic rings. The zero-order valence-electron chi connectivity index (χ0n) is 27.2. The number of aromatic nitrogens is 4. The molecule has 0 unspecified atom stereocenters. The van der Waals surface area contributed by atoms with Crippen LogP contribution in [0.4, 0.5) is 0 Å². The number of para-hydroxylation sites is 3. The maximum Gasteiger partial charge on any atom is 0.160 e. The number of thiophene rings is 1.